The number of aromatic nitrogens is 2. The molecule has 0 aliphatic carbocycles. The fourth-order valence-corrected chi connectivity index (χ4v) is 2.69. The number of likely N-dealkylation sites (N-methyl/N-ethyl adjacent to an activating group) is 1. The highest BCUT2D eigenvalue weighted by Gasteiger charge is 2.22. The average molecular weight is 279 g/mol. The van der Waals surface area contributed by atoms with E-state index in [0.717, 1.165) is 38.3 Å². The maximum Gasteiger partial charge on any atom is 0.274 e. The van der Waals surface area contributed by atoms with Crippen LogP contribution in [0.15, 0.2) is 0 Å². The molecule has 6 nitrogen and oxygen atoms in total. The monoisotopic (exact) mass is 279 g/mol. The number of amides is 1. The molecule has 20 heavy (non-hydrogen) atoms. The Labute approximate surface area is 120 Å². The SMILES string of the molecule is CCc1nn(C)c(C(=O)N(C)CCN2CCCC2)c1N. The Kier molecular flexibility index (Phi) is 4.65. The van der Waals surface area contributed by atoms with Crippen LogP contribution in [0.25, 0.3) is 0 Å². The topological polar surface area (TPSA) is 67.4 Å². The summed E-state index contributed by atoms with van der Waals surface area (Å²) >= 11 is 0. The van der Waals surface area contributed by atoms with Crippen molar-refractivity contribution in [3.63, 3.8) is 0 Å². The maximum atomic E-state index is 12.5. The zero-order valence-electron chi connectivity index (χ0n) is 12.7. The summed E-state index contributed by atoms with van der Waals surface area (Å²) in [6.07, 6.45) is 3.28. The van der Waals surface area contributed by atoms with Crippen molar-refractivity contribution in [2.24, 2.45) is 7.05 Å². The van der Waals surface area contributed by atoms with Crippen LogP contribution in [0.4, 0.5) is 5.69 Å². The average Bonchev–Trinajstić information content (AvgIpc) is 3.03. The fourth-order valence-electron chi connectivity index (χ4n) is 2.69. The third kappa shape index (κ3) is 2.95. The van der Waals surface area contributed by atoms with E-state index in [4.69, 9.17) is 5.73 Å². The van der Waals surface area contributed by atoms with Gasteiger partial charge in [0.25, 0.3) is 5.91 Å². The zero-order valence-corrected chi connectivity index (χ0v) is 12.7. The van der Waals surface area contributed by atoms with E-state index in [1.165, 1.54) is 12.8 Å². The second-order valence-electron chi connectivity index (χ2n) is 5.46. The smallest absolute Gasteiger partial charge is 0.274 e. The normalized spacial score (nSPS) is 15.8. The van der Waals surface area contributed by atoms with Gasteiger partial charge in [-0.15, -0.1) is 0 Å². The molecule has 0 atom stereocenters. The zero-order chi connectivity index (χ0) is 14.7. The Morgan fingerprint density at radius 1 is 1.40 bits per heavy atom. The van der Waals surface area contributed by atoms with E-state index in [9.17, 15) is 4.79 Å². The molecule has 0 spiro atoms. The van der Waals surface area contributed by atoms with Crippen LogP contribution in [0, 0.1) is 0 Å². The van der Waals surface area contributed by atoms with Crippen molar-refractivity contribution in [1.29, 1.82) is 0 Å². The molecular formula is C14H25N5O. The Morgan fingerprint density at radius 3 is 2.60 bits per heavy atom. The third-order valence-corrected chi connectivity index (χ3v) is 3.99. The number of likely N-dealkylation sites (tertiary alicyclic amines) is 1. The van der Waals surface area contributed by atoms with E-state index in [1.54, 1.807) is 16.6 Å². The van der Waals surface area contributed by atoms with Gasteiger partial charge in [0, 0.05) is 27.2 Å². The van der Waals surface area contributed by atoms with E-state index in [2.05, 4.69) is 10.00 Å². The summed E-state index contributed by atoms with van der Waals surface area (Å²) in [6.45, 7) is 5.95. The second kappa shape index (κ2) is 6.26. The van der Waals surface area contributed by atoms with Gasteiger partial charge in [-0.05, 0) is 32.4 Å². The van der Waals surface area contributed by atoms with E-state index in [0.29, 0.717) is 11.4 Å². The molecule has 1 aliphatic rings. The lowest BCUT2D eigenvalue weighted by atomic mass is 10.2. The molecule has 1 aliphatic heterocycles. The quantitative estimate of drug-likeness (QED) is 0.863. The van der Waals surface area contributed by atoms with Gasteiger partial charge in [0.15, 0.2) is 0 Å². The minimum atomic E-state index is -0.0450. The highest BCUT2D eigenvalue weighted by atomic mass is 16.2. The standard InChI is InChI=1S/C14H25N5O/c1-4-11-12(15)13(18(3)16-11)14(20)17(2)9-10-19-7-5-6-8-19/h4-10,15H2,1-3H3. The van der Waals surface area contributed by atoms with Crippen LogP contribution in [0.1, 0.15) is 35.9 Å². The molecule has 1 amide bonds. The summed E-state index contributed by atoms with van der Waals surface area (Å²) in [6, 6.07) is 0. The lowest BCUT2D eigenvalue weighted by Crippen LogP contribution is -2.36. The molecule has 6 heteroatoms. The van der Waals surface area contributed by atoms with Crippen LogP contribution in [0.3, 0.4) is 0 Å². The van der Waals surface area contributed by atoms with E-state index in [-0.39, 0.29) is 5.91 Å². The molecule has 1 aromatic heterocycles. The van der Waals surface area contributed by atoms with Crippen molar-refractivity contribution in [3.8, 4) is 0 Å². The van der Waals surface area contributed by atoms with Crippen molar-refractivity contribution < 1.29 is 4.79 Å². The predicted molar refractivity (Wildman–Crippen MR) is 79.6 cm³/mol. The summed E-state index contributed by atoms with van der Waals surface area (Å²) in [5.74, 6) is -0.0450. The van der Waals surface area contributed by atoms with Crippen LogP contribution in [-0.4, -0.2) is 58.7 Å². The van der Waals surface area contributed by atoms with Crippen LogP contribution in [-0.2, 0) is 13.5 Å². The van der Waals surface area contributed by atoms with Crippen molar-refractivity contribution in [2.45, 2.75) is 26.2 Å². The van der Waals surface area contributed by atoms with Gasteiger partial charge < -0.3 is 15.5 Å². The van der Waals surface area contributed by atoms with Crippen molar-refractivity contribution >= 4 is 11.6 Å². The lowest BCUT2D eigenvalue weighted by Gasteiger charge is -2.21. The first-order valence-corrected chi connectivity index (χ1v) is 7.33. The van der Waals surface area contributed by atoms with Crippen LogP contribution < -0.4 is 5.73 Å². The minimum Gasteiger partial charge on any atom is -0.395 e. The molecule has 1 saturated heterocycles. The predicted octanol–water partition coefficient (Wildman–Crippen LogP) is 0.733. The van der Waals surface area contributed by atoms with Gasteiger partial charge in [0.05, 0.1) is 11.4 Å². The third-order valence-electron chi connectivity index (χ3n) is 3.99. The molecule has 0 saturated carbocycles. The lowest BCUT2D eigenvalue weighted by molar-refractivity contribution is 0.0772. The molecule has 1 aromatic rings. The van der Waals surface area contributed by atoms with Crippen molar-refractivity contribution in [1.82, 2.24) is 19.6 Å². The first-order valence-electron chi connectivity index (χ1n) is 7.33. The summed E-state index contributed by atoms with van der Waals surface area (Å²) in [7, 11) is 3.60. The molecule has 0 radical (unpaired) electrons. The number of hydrogen-bond donors (Lipinski definition) is 1. The second-order valence-corrected chi connectivity index (χ2v) is 5.46. The molecule has 2 N–H and O–H groups in total. The molecule has 112 valence electrons. The van der Waals surface area contributed by atoms with Gasteiger partial charge in [0.1, 0.15) is 5.69 Å². The van der Waals surface area contributed by atoms with Crippen LogP contribution in [0.2, 0.25) is 0 Å². The highest BCUT2D eigenvalue weighted by Crippen LogP contribution is 2.18. The molecule has 2 rings (SSSR count). The first-order chi connectivity index (χ1) is 9.54. The van der Waals surface area contributed by atoms with Crippen molar-refractivity contribution in [2.75, 3.05) is 39.0 Å². The molecular weight excluding hydrogens is 254 g/mol. The van der Waals surface area contributed by atoms with E-state index >= 15 is 0 Å². The Bertz CT molecular complexity index is 476. The molecule has 1 fully saturated rings. The fraction of sp³-hybridized carbons (Fsp3) is 0.714. The van der Waals surface area contributed by atoms with Gasteiger partial charge in [-0.2, -0.15) is 5.10 Å². The number of anilines is 1. The van der Waals surface area contributed by atoms with Crippen LogP contribution >= 0.6 is 0 Å². The van der Waals surface area contributed by atoms with Crippen molar-refractivity contribution in [3.05, 3.63) is 11.4 Å². The number of carbonyl (C=O) groups is 1. The van der Waals surface area contributed by atoms with Gasteiger partial charge in [-0.25, -0.2) is 0 Å². The van der Waals surface area contributed by atoms with Gasteiger partial charge >= 0.3 is 0 Å². The number of hydrogen-bond acceptors (Lipinski definition) is 4. The summed E-state index contributed by atoms with van der Waals surface area (Å²) in [5.41, 5.74) is 7.85. The largest absolute Gasteiger partial charge is 0.395 e. The van der Waals surface area contributed by atoms with Gasteiger partial charge in [-0.1, -0.05) is 6.92 Å². The summed E-state index contributed by atoms with van der Waals surface area (Å²) in [4.78, 5) is 16.6. The number of carbonyl (C=O) groups excluding carboxylic acids is 1. The van der Waals surface area contributed by atoms with Gasteiger partial charge in [0.2, 0.25) is 0 Å². The molecule has 0 bridgehead atoms. The van der Waals surface area contributed by atoms with Gasteiger partial charge in [-0.3, -0.25) is 9.48 Å². The minimum absolute atomic E-state index is 0.0450. The Morgan fingerprint density at radius 2 is 2.05 bits per heavy atom. The number of rotatable bonds is 5. The van der Waals surface area contributed by atoms with Crippen LogP contribution in [0.5, 0.6) is 0 Å². The molecule has 2 heterocycles. The number of nitrogens with zero attached hydrogens (tertiary/aromatic N) is 4. The number of nitrogens with two attached hydrogens (primary N) is 1. The van der Waals surface area contributed by atoms with E-state index < -0.39 is 0 Å². The number of aryl methyl sites for hydroxylation is 2. The Hall–Kier alpha value is -1.56. The van der Waals surface area contributed by atoms with E-state index in [1.807, 2.05) is 14.0 Å². The number of nitrogen functional groups attached to an aromatic ring is 1. The molecule has 0 aromatic carbocycles. The molecule has 0 unspecified atom stereocenters. The Balaban J connectivity index is 2.00. The summed E-state index contributed by atoms with van der Waals surface area (Å²) in [5, 5.41) is 4.30. The highest BCUT2D eigenvalue weighted by molar-refractivity contribution is 5.97. The first kappa shape index (κ1) is 14.8. The maximum absolute atomic E-state index is 12.5. The summed E-state index contributed by atoms with van der Waals surface area (Å²) < 4.78 is 1.60.